The molecule has 0 saturated carbocycles. The van der Waals surface area contributed by atoms with E-state index in [0.717, 1.165) is 51.4 Å². The molecule has 27 heteroatoms. The van der Waals surface area contributed by atoms with Crippen molar-refractivity contribution in [1.82, 2.24) is 29.9 Å². The smallest absolute Gasteiger partial charge is 0.338 e. The van der Waals surface area contributed by atoms with Crippen LogP contribution < -0.4 is 31.9 Å². The van der Waals surface area contributed by atoms with Crippen LogP contribution in [0, 0.1) is 0 Å². The van der Waals surface area contributed by atoms with Gasteiger partial charge in [-0.25, -0.2) is 19.2 Å². The SMILES string of the molecule is CCCCOC(=O)c1ccc(Nc2nc(NCCC[Si](C)(O)O)nc(Nc3ccc(C(=O)OCCCC)cc3)n2)cc1.CCCCOC(=O)c1ccc(Nc2nc(NCCC[Si](C)(O)O[Si](C)(C)C)nc(Nc3ccc(C(=O)OCCCC)cc3)n2)cc1. The summed E-state index contributed by atoms with van der Waals surface area (Å²) in [5.41, 5.74) is 4.44. The van der Waals surface area contributed by atoms with Crippen LogP contribution in [-0.2, 0) is 23.1 Å². The highest BCUT2D eigenvalue weighted by Crippen LogP contribution is 2.24. The van der Waals surface area contributed by atoms with Crippen molar-refractivity contribution in [1.29, 1.82) is 0 Å². The molecule has 0 amide bonds. The molecule has 24 nitrogen and oxygen atoms in total. The van der Waals surface area contributed by atoms with Gasteiger partial charge in [0, 0.05) is 35.8 Å². The minimum atomic E-state index is -3.15. The summed E-state index contributed by atoms with van der Waals surface area (Å²) in [6, 6.07) is 28.2. The average Bonchev–Trinajstić information content (AvgIpc) is 3.51. The van der Waals surface area contributed by atoms with Gasteiger partial charge < -0.3 is 69.4 Å². The maximum atomic E-state index is 12.3. The predicted octanol–water partition coefficient (Wildman–Crippen LogP) is 12.1. The molecule has 1 atom stereocenters. The fraction of sp³-hybridized carbons (Fsp3) is 0.443. The molecule has 0 aliphatic carbocycles. The monoisotopic (exact) mass is 1260 g/mol. The van der Waals surface area contributed by atoms with E-state index in [4.69, 9.17) is 23.1 Å². The Labute approximate surface area is 519 Å². The van der Waals surface area contributed by atoms with E-state index in [-0.39, 0.29) is 53.6 Å². The molecule has 2 aromatic heterocycles. The maximum Gasteiger partial charge on any atom is 0.338 e. The third-order valence-electron chi connectivity index (χ3n) is 12.4. The Morgan fingerprint density at radius 3 is 0.864 bits per heavy atom. The molecule has 0 aliphatic rings. The lowest BCUT2D eigenvalue weighted by Crippen LogP contribution is -2.45. The van der Waals surface area contributed by atoms with Crippen molar-refractivity contribution in [2.75, 3.05) is 71.4 Å². The number of carbonyl (C=O) groups excluding carboxylic acids is 4. The van der Waals surface area contributed by atoms with Gasteiger partial charge in [0.2, 0.25) is 35.7 Å². The molecule has 476 valence electrons. The van der Waals surface area contributed by atoms with Crippen LogP contribution in [0.5, 0.6) is 0 Å². The number of hydrogen-bond donors (Lipinski definition) is 9. The van der Waals surface area contributed by atoms with Gasteiger partial charge in [-0.3, -0.25) is 0 Å². The number of esters is 4. The molecule has 0 saturated heterocycles. The minimum absolute atomic E-state index is 0.243. The Balaban J connectivity index is 0.000000322. The Morgan fingerprint density at radius 2 is 0.625 bits per heavy atom. The fourth-order valence-electron chi connectivity index (χ4n) is 7.93. The van der Waals surface area contributed by atoms with Crippen LogP contribution in [0.15, 0.2) is 97.1 Å². The van der Waals surface area contributed by atoms with Crippen molar-refractivity contribution in [3.63, 3.8) is 0 Å². The summed E-state index contributed by atoms with van der Waals surface area (Å²) in [5, 5.41) is 18.9. The van der Waals surface area contributed by atoms with Gasteiger partial charge in [0.05, 0.1) is 48.7 Å². The fourth-order valence-corrected chi connectivity index (χ4v) is 15.3. The summed E-state index contributed by atoms with van der Waals surface area (Å²) < 4.78 is 27.1. The summed E-state index contributed by atoms with van der Waals surface area (Å²) in [6.45, 7) is 20.1. The number of carbonyl (C=O) groups is 4. The lowest BCUT2D eigenvalue weighted by Gasteiger charge is -2.29. The molecule has 2 heterocycles. The predicted molar refractivity (Wildman–Crippen MR) is 349 cm³/mol. The Bertz CT molecular complexity index is 2930. The molecule has 1 unspecified atom stereocenters. The molecular weight excluding hydrogens is 1180 g/mol. The Hall–Kier alpha value is -7.93. The first kappa shape index (κ1) is 70.8. The zero-order valence-electron chi connectivity index (χ0n) is 52.2. The molecule has 6 rings (SSSR count). The molecule has 0 spiro atoms. The zero-order valence-corrected chi connectivity index (χ0v) is 55.2. The van der Waals surface area contributed by atoms with Gasteiger partial charge in [-0.1, -0.05) is 53.4 Å². The van der Waals surface area contributed by atoms with Gasteiger partial charge >= 0.3 is 41.0 Å². The summed E-state index contributed by atoms with van der Waals surface area (Å²) in [6.07, 6.45) is 8.25. The highest BCUT2D eigenvalue weighted by Gasteiger charge is 2.32. The molecule has 9 N–H and O–H groups in total. The maximum absolute atomic E-state index is 12.3. The Morgan fingerprint density at radius 1 is 0.375 bits per heavy atom. The van der Waals surface area contributed by atoms with E-state index in [1.54, 1.807) is 97.1 Å². The summed E-state index contributed by atoms with van der Waals surface area (Å²) in [5.74, 6) is 0.167. The number of rotatable bonds is 36. The highest BCUT2D eigenvalue weighted by molar-refractivity contribution is 6.81. The van der Waals surface area contributed by atoms with Crippen molar-refractivity contribution >= 4 is 108 Å². The number of hydrogen-bond acceptors (Lipinski definition) is 24. The largest absolute Gasteiger partial charge is 0.462 e. The van der Waals surface area contributed by atoms with Crippen molar-refractivity contribution < 1.29 is 56.6 Å². The molecule has 6 aromatic rings. The van der Waals surface area contributed by atoms with Gasteiger partial charge in [-0.15, -0.1) is 0 Å². The molecule has 0 fully saturated rings. The second-order valence-electron chi connectivity index (χ2n) is 22.0. The second kappa shape index (κ2) is 36.4. The van der Waals surface area contributed by atoms with Gasteiger partial charge in [-0.05, 0) is 180 Å². The van der Waals surface area contributed by atoms with Crippen LogP contribution in [0.3, 0.4) is 0 Å². The van der Waals surface area contributed by atoms with Gasteiger partial charge in [-0.2, -0.15) is 29.9 Å². The highest BCUT2D eigenvalue weighted by atomic mass is 28.4. The van der Waals surface area contributed by atoms with E-state index >= 15 is 0 Å². The average molecular weight is 1270 g/mol. The lowest BCUT2D eigenvalue weighted by atomic mass is 10.2. The number of nitrogens with one attached hydrogen (secondary N) is 6. The molecule has 4 aromatic carbocycles. The molecule has 0 radical (unpaired) electrons. The van der Waals surface area contributed by atoms with E-state index in [9.17, 15) is 33.6 Å². The van der Waals surface area contributed by atoms with Crippen LogP contribution in [0.2, 0.25) is 44.8 Å². The first-order valence-corrected chi connectivity index (χ1v) is 38.7. The third kappa shape index (κ3) is 27.4. The molecular formula is C61H88N12O12Si3. The standard InChI is InChI=1S/C32H48N6O6Si2.C29H40N6O6Si/c1-7-9-21-42-28(39)24-12-16-26(17-13-24)34-31-36-30(33-20-11-23-46(6,41)44-45(3,4)5)37-32(38-31)35-27-18-14-25(15-19-27)29(40)43-22-10-8-2;1-4-6-18-40-25(36)21-9-13-23(14-10-21)31-28-33-27(30-17-8-20-42(3,38)39)34-29(35-28)32-24-15-11-22(12-16-24)26(37)41-19-7-5-2/h12-19,41H,7-11,20-23H2,1-6H3,(H3,33,34,35,36,37,38);9-16,38-39H,4-8,17-20H2,1-3H3,(H3,30,31,32,33,34,35). The topological polar surface area (TPSA) is 325 Å². The van der Waals surface area contributed by atoms with Crippen LogP contribution in [0.4, 0.5) is 58.4 Å². The first-order valence-electron chi connectivity index (χ1n) is 30.1. The summed E-state index contributed by atoms with van der Waals surface area (Å²) >= 11 is 0. The normalized spacial score (nSPS) is 11.9. The molecule has 88 heavy (non-hydrogen) atoms. The van der Waals surface area contributed by atoms with Crippen molar-refractivity contribution in [2.45, 2.75) is 137 Å². The number of aromatic nitrogens is 6. The van der Waals surface area contributed by atoms with Gasteiger partial charge in [0.15, 0.2) is 8.32 Å². The van der Waals surface area contributed by atoms with Crippen LogP contribution in [-0.4, -0.2) is 133 Å². The van der Waals surface area contributed by atoms with Crippen LogP contribution in [0.1, 0.15) is 133 Å². The van der Waals surface area contributed by atoms with E-state index in [1.165, 1.54) is 6.55 Å². The number of ether oxygens (including phenoxy) is 4. The minimum Gasteiger partial charge on any atom is -0.462 e. The number of benzene rings is 4. The number of unbranched alkanes of at least 4 members (excludes halogenated alkanes) is 4. The first-order chi connectivity index (χ1) is 42.0. The summed E-state index contributed by atoms with van der Waals surface area (Å²) in [7, 11) is -7.77. The van der Waals surface area contributed by atoms with Crippen molar-refractivity contribution in [3.05, 3.63) is 119 Å². The van der Waals surface area contributed by atoms with Crippen molar-refractivity contribution in [3.8, 4) is 0 Å². The van der Waals surface area contributed by atoms with E-state index < -0.39 is 25.4 Å². The van der Waals surface area contributed by atoms with E-state index in [2.05, 4.69) is 81.4 Å². The molecule has 0 bridgehead atoms. The Kier molecular flexibility index (Phi) is 29.3. The quantitative estimate of drug-likeness (QED) is 0.00764. The number of nitrogens with zero attached hydrogens (tertiary/aromatic N) is 6. The van der Waals surface area contributed by atoms with Gasteiger partial charge in [0.25, 0.3) is 0 Å². The van der Waals surface area contributed by atoms with Crippen LogP contribution >= 0.6 is 0 Å². The van der Waals surface area contributed by atoms with E-state index in [1.807, 2.05) is 34.2 Å². The van der Waals surface area contributed by atoms with Gasteiger partial charge in [0.1, 0.15) is 0 Å². The lowest BCUT2D eigenvalue weighted by molar-refractivity contribution is 0.0490. The second-order valence-corrected chi connectivity index (χ2v) is 32.9. The third-order valence-corrected chi connectivity index (χ3v) is 19.2. The summed E-state index contributed by atoms with van der Waals surface area (Å²) in [4.78, 5) is 106. The molecule has 0 aliphatic heterocycles. The van der Waals surface area contributed by atoms with Crippen LogP contribution in [0.25, 0.3) is 0 Å². The number of anilines is 10. The van der Waals surface area contributed by atoms with Crippen molar-refractivity contribution in [2.24, 2.45) is 0 Å². The van der Waals surface area contributed by atoms with E-state index in [0.29, 0.717) is 115 Å². The zero-order chi connectivity index (χ0) is 64.0.